The molecule has 2 rings (SSSR count). The number of hydrogen-bond donors (Lipinski definition) is 1. The van der Waals surface area contributed by atoms with Crippen LogP contribution in [0.2, 0.25) is 0 Å². The van der Waals surface area contributed by atoms with Crippen LogP contribution in [0.15, 0.2) is 32.9 Å². The minimum Gasteiger partial charge on any atom is -0.468 e. The number of methoxy groups -OCH3 is 1. The zero-order valence-corrected chi connectivity index (χ0v) is 19.1. The Morgan fingerprint density at radius 1 is 1.12 bits per heavy atom. The van der Waals surface area contributed by atoms with E-state index in [1.165, 1.54) is 28.5 Å². The maximum Gasteiger partial charge on any atom is 0.332 e. The highest BCUT2D eigenvalue weighted by molar-refractivity contribution is 6.01. The lowest BCUT2D eigenvalue weighted by atomic mass is 10.1. The second kappa shape index (κ2) is 11.2. The number of rotatable bonds is 9. The van der Waals surface area contributed by atoms with Crippen LogP contribution in [-0.2, 0) is 22.6 Å². The van der Waals surface area contributed by atoms with E-state index in [4.69, 9.17) is 0 Å². The molecular formula is C22H29N5O5. The molecule has 0 fully saturated rings. The topological polar surface area (TPSA) is 125 Å². The summed E-state index contributed by atoms with van der Waals surface area (Å²) in [6.45, 7) is 7.81. The summed E-state index contributed by atoms with van der Waals surface area (Å²) in [5.74, 6) is -0.748. The van der Waals surface area contributed by atoms with Crippen LogP contribution < -0.4 is 16.6 Å². The smallest absolute Gasteiger partial charge is 0.332 e. The quantitative estimate of drug-likeness (QED) is 0.463. The van der Waals surface area contributed by atoms with Crippen molar-refractivity contribution in [1.29, 1.82) is 0 Å². The maximum absolute atomic E-state index is 12.9. The van der Waals surface area contributed by atoms with Crippen molar-refractivity contribution < 1.29 is 14.3 Å². The molecule has 0 aromatic carbocycles. The van der Waals surface area contributed by atoms with Crippen molar-refractivity contribution in [3.05, 3.63) is 56.0 Å². The molecule has 0 aliphatic rings. The van der Waals surface area contributed by atoms with E-state index < -0.39 is 11.9 Å². The third kappa shape index (κ3) is 5.57. The molecule has 0 aliphatic carbocycles. The van der Waals surface area contributed by atoms with E-state index in [1.807, 2.05) is 13.8 Å². The monoisotopic (exact) mass is 443 g/mol. The van der Waals surface area contributed by atoms with Gasteiger partial charge in [-0.25, -0.2) is 9.79 Å². The molecule has 0 radical (unpaired) electrons. The Bertz CT molecular complexity index is 1130. The number of aromatic nitrogens is 3. The zero-order chi connectivity index (χ0) is 23.8. The van der Waals surface area contributed by atoms with E-state index in [-0.39, 0.29) is 23.5 Å². The van der Waals surface area contributed by atoms with Gasteiger partial charge in [-0.3, -0.25) is 28.5 Å². The average Bonchev–Trinajstić information content (AvgIpc) is 2.80. The summed E-state index contributed by atoms with van der Waals surface area (Å²) in [6, 6.07) is 3.17. The Kier molecular flexibility index (Phi) is 8.62. The lowest BCUT2D eigenvalue weighted by Crippen LogP contribution is -2.41. The summed E-state index contributed by atoms with van der Waals surface area (Å²) in [5.41, 5.74) is 0.989. The fourth-order valence-electron chi connectivity index (χ4n) is 3.09. The van der Waals surface area contributed by atoms with Crippen LogP contribution in [0, 0.1) is 6.92 Å². The van der Waals surface area contributed by atoms with Crippen molar-refractivity contribution >= 4 is 23.4 Å². The lowest BCUT2D eigenvalue weighted by Gasteiger charge is -2.15. The predicted molar refractivity (Wildman–Crippen MR) is 121 cm³/mol. The molecule has 0 spiro atoms. The zero-order valence-electron chi connectivity index (χ0n) is 19.1. The minimum atomic E-state index is -0.563. The van der Waals surface area contributed by atoms with Crippen molar-refractivity contribution in [2.75, 3.05) is 13.7 Å². The number of pyridine rings is 1. The van der Waals surface area contributed by atoms with Crippen molar-refractivity contribution in [2.45, 2.75) is 53.6 Å². The number of amides is 1. The molecule has 0 aliphatic heterocycles. The first-order valence-electron chi connectivity index (χ1n) is 10.5. The first-order chi connectivity index (χ1) is 15.2. The van der Waals surface area contributed by atoms with E-state index >= 15 is 0 Å². The van der Waals surface area contributed by atoms with Gasteiger partial charge < -0.3 is 10.1 Å². The molecule has 2 aromatic rings. The number of carbonyl (C=O) groups excluding carboxylic acids is 2. The molecule has 0 bridgehead atoms. The van der Waals surface area contributed by atoms with Crippen LogP contribution in [0.5, 0.6) is 0 Å². The summed E-state index contributed by atoms with van der Waals surface area (Å²) < 4.78 is 7.26. The van der Waals surface area contributed by atoms with Gasteiger partial charge in [0.05, 0.1) is 12.7 Å². The van der Waals surface area contributed by atoms with Crippen LogP contribution in [0.4, 0.5) is 5.82 Å². The second-order valence-corrected chi connectivity index (χ2v) is 7.23. The Labute approximate surface area is 186 Å². The predicted octanol–water partition coefficient (Wildman–Crippen LogP) is 1.58. The molecule has 0 unspecified atom stereocenters. The summed E-state index contributed by atoms with van der Waals surface area (Å²) in [4.78, 5) is 57.5. The molecule has 0 saturated carbocycles. The summed E-state index contributed by atoms with van der Waals surface area (Å²) in [7, 11) is 1.23. The van der Waals surface area contributed by atoms with Crippen LogP contribution >= 0.6 is 0 Å². The highest BCUT2D eigenvalue weighted by Crippen LogP contribution is 2.16. The number of nitrogens with zero attached hydrogens (tertiary/aromatic N) is 4. The van der Waals surface area contributed by atoms with Gasteiger partial charge in [0.25, 0.3) is 11.5 Å². The Morgan fingerprint density at radius 3 is 2.34 bits per heavy atom. The molecule has 2 heterocycles. The highest BCUT2D eigenvalue weighted by Gasteiger charge is 2.16. The van der Waals surface area contributed by atoms with Gasteiger partial charge in [-0.2, -0.15) is 0 Å². The number of aliphatic imine (C=N–C) groups is 1. The molecule has 1 N–H and O–H groups in total. The van der Waals surface area contributed by atoms with Gasteiger partial charge in [0, 0.05) is 30.6 Å². The molecule has 2 aromatic heterocycles. The minimum absolute atomic E-state index is 0.131. The van der Waals surface area contributed by atoms with Gasteiger partial charge in [0.1, 0.15) is 18.1 Å². The molecule has 10 heteroatoms. The Hall–Kier alpha value is -3.56. The largest absolute Gasteiger partial charge is 0.468 e. The van der Waals surface area contributed by atoms with Gasteiger partial charge in [0.2, 0.25) is 0 Å². The third-order valence-electron chi connectivity index (χ3n) is 4.82. The summed E-state index contributed by atoms with van der Waals surface area (Å²) in [6.07, 6.45) is 2.86. The molecule has 0 atom stereocenters. The Morgan fingerprint density at radius 2 is 1.78 bits per heavy atom. The Balaban J connectivity index is 2.40. The van der Waals surface area contributed by atoms with E-state index in [2.05, 4.69) is 20.0 Å². The number of ether oxygens (including phenoxy) is 1. The fourth-order valence-corrected chi connectivity index (χ4v) is 3.09. The van der Waals surface area contributed by atoms with Gasteiger partial charge in [-0.05, 0) is 38.8 Å². The van der Waals surface area contributed by atoms with Crippen LogP contribution in [0.3, 0.4) is 0 Å². The fraction of sp³-hybridized carbons (Fsp3) is 0.455. The maximum atomic E-state index is 12.9. The third-order valence-corrected chi connectivity index (χ3v) is 4.82. The molecule has 0 saturated heterocycles. The number of hydrogen-bond acceptors (Lipinski definition) is 7. The second-order valence-electron chi connectivity index (χ2n) is 7.23. The van der Waals surface area contributed by atoms with Crippen molar-refractivity contribution in [3.63, 3.8) is 0 Å². The lowest BCUT2D eigenvalue weighted by molar-refractivity contribution is -0.139. The molecule has 172 valence electrons. The number of esters is 1. The van der Waals surface area contributed by atoms with E-state index in [0.29, 0.717) is 48.6 Å². The number of nitrogens with one attached hydrogen (secondary N) is 1. The van der Waals surface area contributed by atoms with Crippen molar-refractivity contribution in [1.82, 2.24) is 19.4 Å². The molecule has 10 nitrogen and oxygen atoms in total. The molecular weight excluding hydrogens is 414 g/mol. The first kappa shape index (κ1) is 24.7. The van der Waals surface area contributed by atoms with Crippen molar-refractivity contribution in [2.24, 2.45) is 4.99 Å². The molecule has 32 heavy (non-hydrogen) atoms. The average molecular weight is 444 g/mol. The van der Waals surface area contributed by atoms with Gasteiger partial charge >= 0.3 is 11.7 Å². The van der Waals surface area contributed by atoms with Gasteiger partial charge in [-0.15, -0.1) is 0 Å². The highest BCUT2D eigenvalue weighted by atomic mass is 16.5. The van der Waals surface area contributed by atoms with Crippen molar-refractivity contribution in [3.8, 4) is 0 Å². The summed E-state index contributed by atoms with van der Waals surface area (Å²) in [5, 5.41) is 2.41. The SMILES string of the molecule is CCCn1c(/N=C(\C)c2ccc(C(=O)NCC(=O)OC)nc2)c(C)c(=O)n(CCC)c1=O. The first-order valence-corrected chi connectivity index (χ1v) is 10.5. The van der Waals surface area contributed by atoms with E-state index in [9.17, 15) is 19.2 Å². The standard InChI is InChI=1S/C22H29N5O5/c1-6-10-26-19(14(3)21(30)27(11-7-2)22(26)31)25-15(4)16-8-9-17(23-12-16)20(29)24-13-18(28)32-5/h8-9,12H,6-7,10-11,13H2,1-5H3,(H,24,29)/b25-15+. The van der Waals surface area contributed by atoms with E-state index in [1.54, 1.807) is 19.9 Å². The molecule has 1 amide bonds. The summed E-state index contributed by atoms with van der Waals surface area (Å²) >= 11 is 0. The normalized spacial score (nSPS) is 11.3. The number of carbonyl (C=O) groups is 2. The van der Waals surface area contributed by atoms with E-state index in [0.717, 1.165) is 0 Å². The van der Waals surface area contributed by atoms with Crippen LogP contribution in [0.1, 0.15) is 55.2 Å². The van der Waals surface area contributed by atoms with Crippen LogP contribution in [0.25, 0.3) is 0 Å². The van der Waals surface area contributed by atoms with Gasteiger partial charge in [-0.1, -0.05) is 13.8 Å². The van der Waals surface area contributed by atoms with Gasteiger partial charge in [0.15, 0.2) is 0 Å². The van der Waals surface area contributed by atoms with Crippen LogP contribution in [-0.4, -0.2) is 45.4 Å².